The third-order valence-electron chi connectivity index (χ3n) is 17.8. The highest BCUT2D eigenvalue weighted by Crippen LogP contribution is 2.67. The highest BCUT2D eigenvalue weighted by Gasteiger charge is 2.59. The average molecular weight is 895 g/mol. The minimum Gasteiger partial charge on any atom is -0.463 e. The van der Waals surface area contributed by atoms with Gasteiger partial charge in [0.2, 0.25) is 0 Å². The summed E-state index contributed by atoms with van der Waals surface area (Å²) in [5.74, 6) is 4.61. The van der Waals surface area contributed by atoms with Crippen LogP contribution in [0.4, 0.5) is 0 Å². The summed E-state index contributed by atoms with van der Waals surface area (Å²) in [6.07, 6.45) is 37.9. The maximum atomic E-state index is 12.7. The topological polar surface area (TPSA) is 105 Å². The van der Waals surface area contributed by atoms with Gasteiger partial charge in [-0.2, -0.15) is 0 Å². The van der Waals surface area contributed by atoms with Gasteiger partial charge in [-0.3, -0.25) is 4.79 Å². The number of carbonyl (C=O) groups is 1. The lowest BCUT2D eigenvalue weighted by molar-refractivity contribution is -0.313. The number of hydrogen-bond donors (Lipinski definition) is 3. The van der Waals surface area contributed by atoms with Crippen LogP contribution in [0.3, 0.4) is 0 Å². The SMILES string of the molecule is CCCCCCCC/C=C\CCCCCCCCCCCC(=O)OCC1OC(OC2CCC3(C)C(=CCC4C3CCC3(C)C(C(C)/C=C/C(CC)C(C)C)CCC43)C2)C(O)C(O)C1O. The normalized spacial score (nSPS) is 35.0. The third-order valence-corrected chi connectivity index (χ3v) is 17.8. The first-order valence-electron chi connectivity index (χ1n) is 27.4. The van der Waals surface area contributed by atoms with E-state index in [0.717, 1.165) is 62.7 Å². The molecule has 7 nitrogen and oxygen atoms in total. The van der Waals surface area contributed by atoms with Gasteiger partial charge in [0.15, 0.2) is 6.29 Å². The maximum absolute atomic E-state index is 12.7. The van der Waals surface area contributed by atoms with E-state index >= 15 is 0 Å². The molecule has 0 amide bonds. The Balaban J connectivity index is 0.972. The van der Waals surface area contributed by atoms with Gasteiger partial charge in [0.25, 0.3) is 0 Å². The van der Waals surface area contributed by atoms with Crippen LogP contribution in [0.25, 0.3) is 0 Å². The number of ether oxygens (including phenoxy) is 3. The molecule has 0 aromatic rings. The van der Waals surface area contributed by atoms with Crippen LogP contribution in [-0.4, -0.2) is 64.7 Å². The van der Waals surface area contributed by atoms with Gasteiger partial charge in [0.1, 0.15) is 31.0 Å². The van der Waals surface area contributed by atoms with Gasteiger partial charge < -0.3 is 29.5 Å². The zero-order valence-electron chi connectivity index (χ0n) is 42.2. The number of aliphatic hydroxyl groups excluding tert-OH is 3. The lowest BCUT2D eigenvalue weighted by Crippen LogP contribution is -2.60. The van der Waals surface area contributed by atoms with Crippen LogP contribution < -0.4 is 0 Å². The lowest BCUT2D eigenvalue weighted by Gasteiger charge is -2.58. The van der Waals surface area contributed by atoms with Crippen molar-refractivity contribution >= 4 is 5.97 Å². The minimum atomic E-state index is -1.45. The molecule has 0 spiro atoms. The monoisotopic (exact) mass is 895 g/mol. The molecule has 1 saturated heterocycles. The molecule has 64 heavy (non-hydrogen) atoms. The first-order valence-corrected chi connectivity index (χ1v) is 27.4. The molecule has 1 heterocycles. The fourth-order valence-corrected chi connectivity index (χ4v) is 13.6. The Morgan fingerprint density at radius 3 is 2.05 bits per heavy atom. The van der Waals surface area contributed by atoms with Crippen LogP contribution in [0, 0.1) is 52.3 Å². The van der Waals surface area contributed by atoms with E-state index < -0.39 is 30.7 Å². The van der Waals surface area contributed by atoms with Gasteiger partial charge in [0.05, 0.1) is 6.10 Å². The van der Waals surface area contributed by atoms with E-state index in [0.29, 0.717) is 35.5 Å². The second-order valence-corrected chi connectivity index (χ2v) is 22.5. The second-order valence-electron chi connectivity index (χ2n) is 22.5. The van der Waals surface area contributed by atoms with Crippen molar-refractivity contribution in [3.63, 3.8) is 0 Å². The molecule has 5 rings (SSSR count). The fourth-order valence-electron chi connectivity index (χ4n) is 13.6. The van der Waals surface area contributed by atoms with Gasteiger partial charge in [-0.1, -0.05) is 161 Å². The van der Waals surface area contributed by atoms with Gasteiger partial charge in [-0.25, -0.2) is 0 Å². The van der Waals surface area contributed by atoms with Crippen LogP contribution >= 0.6 is 0 Å². The molecule has 14 atom stereocenters. The Morgan fingerprint density at radius 1 is 0.766 bits per heavy atom. The number of hydrogen-bond acceptors (Lipinski definition) is 7. The lowest BCUT2D eigenvalue weighted by atomic mass is 9.47. The number of fused-ring (bicyclic) bond motifs is 5. The van der Waals surface area contributed by atoms with Crippen molar-refractivity contribution in [3.8, 4) is 0 Å². The summed E-state index contributed by atoms with van der Waals surface area (Å²) < 4.78 is 18.1. The van der Waals surface area contributed by atoms with E-state index in [4.69, 9.17) is 14.2 Å². The molecule has 5 aliphatic rings. The smallest absolute Gasteiger partial charge is 0.305 e. The Kier molecular flexibility index (Phi) is 22.4. The van der Waals surface area contributed by atoms with Crippen molar-refractivity contribution in [1.82, 2.24) is 0 Å². The summed E-state index contributed by atoms with van der Waals surface area (Å²) in [7, 11) is 0. The van der Waals surface area contributed by atoms with Gasteiger partial charge >= 0.3 is 5.97 Å². The maximum Gasteiger partial charge on any atom is 0.305 e. The van der Waals surface area contributed by atoms with Crippen molar-refractivity contribution in [2.24, 2.45) is 52.3 Å². The number of aliphatic hydroxyl groups is 3. The van der Waals surface area contributed by atoms with E-state index in [-0.39, 0.29) is 24.1 Å². The van der Waals surface area contributed by atoms with Crippen LogP contribution in [0.5, 0.6) is 0 Å². The molecule has 4 fully saturated rings. The van der Waals surface area contributed by atoms with Crippen molar-refractivity contribution in [2.45, 2.75) is 259 Å². The molecule has 1 aliphatic heterocycles. The summed E-state index contributed by atoms with van der Waals surface area (Å²) in [6, 6.07) is 0. The standard InChI is InChI=1S/C57H98O7/c1-8-10-11-12-13-14-15-16-17-18-19-20-21-22-23-24-25-26-27-28-51(58)62-40-50-52(59)53(60)54(61)55(64-50)63-45-35-37-56(6)44(39-45)31-32-46-48-34-33-47(57(48,7)38-36-49(46)56)42(5)29-30-43(9-2)41(3)4/h16-17,29-31,41-43,45-50,52-55,59-61H,8-15,18-28,32-40H2,1-7H3/b17-16-,30-29+. The summed E-state index contributed by atoms with van der Waals surface area (Å²) in [6.45, 7) is 16.8. The molecule has 14 unspecified atom stereocenters. The van der Waals surface area contributed by atoms with E-state index in [2.05, 4.69) is 78.8 Å². The number of allylic oxidation sites excluding steroid dienone is 5. The average Bonchev–Trinajstić information content (AvgIpc) is 3.64. The number of unbranched alkanes of at least 4 members (excludes halogenated alkanes) is 15. The van der Waals surface area contributed by atoms with Crippen LogP contribution in [0.2, 0.25) is 0 Å². The number of esters is 1. The molecular formula is C57H98O7. The zero-order chi connectivity index (χ0) is 46.1. The van der Waals surface area contributed by atoms with E-state index in [9.17, 15) is 20.1 Å². The Morgan fingerprint density at radius 2 is 1.41 bits per heavy atom. The molecular weight excluding hydrogens is 797 g/mol. The Labute approximate surface area is 392 Å². The Bertz CT molecular complexity index is 1440. The summed E-state index contributed by atoms with van der Waals surface area (Å²) in [4.78, 5) is 12.7. The number of rotatable bonds is 28. The van der Waals surface area contributed by atoms with Gasteiger partial charge in [-0.15, -0.1) is 0 Å². The number of carbonyl (C=O) groups excluding carboxylic acids is 1. The second kappa shape index (κ2) is 26.9. The largest absolute Gasteiger partial charge is 0.463 e. The summed E-state index contributed by atoms with van der Waals surface area (Å²) in [5.41, 5.74) is 2.05. The first kappa shape index (κ1) is 53.4. The first-order chi connectivity index (χ1) is 30.8. The molecule has 4 aliphatic carbocycles. The third kappa shape index (κ3) is 14.5. The molecule has 0 bridgehead atoms. The molecule has 7 heteroatoms. The van der Waals surface area contributed by atoms with Crippen LogP contribution in [-0.2, 0) is 19.0 Å². The van der Waals surface area contributed by atoms with E-state index in [1.54, 1.807) is 0 Å². The summed E-state index contributed by atoms with van der Waals surface area (Å²) in [5, 5.41) is 32.6. The molecule has 3 saturated carbocycles. The summed E-state index contributed by atoms with van der Waals surface area (Å²) >= 11 is 0. The highest BCUT2D eigenvalue weighted by molar-refractivity contribution is 5.69. The van der Waals surface area contributed by atoms with Crippen molar-refractivity contribution in [2.75, 3.05) is 6.61 Å². The van der Waals surface area contributed by atoms with Gasteiger partial charge in [0, 0.05) is 6.42 Å². The zero-order valence-corrected chi connectivity index (χ0v) is 42.2. The molecule has 3 N–H and O–H groups in total. The predicted molar refractivity (Wildman–Crippen MR) is 263 cm³/mol. The molecule has 0 aromatic carbocycles. The van der Waals surface area contributed by atoms with Crippen LogP contribution in [0.15, 0.2) is 36.0 Å². The van der Waals surface area contributed by atoms with Crippen molar-refractivity contribution in [3.05, 3.63) is 36.0 Å². The van der Waals surface area contributed by atoms with Gasteiger partial charge in [-0.05, 0) is 142 Å². The Hall–Kier alpha value is -1.51. The minimum absolute atomic E-state index is 0.150. The fraction of sp³-hybridized carbons (Fsp3) is 0.877. The van der Waals surface area contributed by atoms with Crippen LogP contribution in [0.1, 0.15) is 222 Å². The molecule has 368 valence electrons. The predicted octanol–water partition coefficient (Wildman–Crippen LogP) is 13.8. The highest BCUT2D eigenvalue weighted by atomic mass is 16.7. The van der Waals surface area contributed by atoms with Crippen molar-refractivity contribution < 1.29 is 34.3 Å². The quantitative estimate of drug-likeness (QED) is 0.0408. The molecule has 0 radical (unpaired) electrons. The van der Waals surface area contributed by atoms with Crippen molar-refractivity contribution in [1.29, 1.82) is 0 Å². The van der Waals surface area contributed by atoms with E-state index in [1.165, 1.54) is 128 Å². The molecule has 0 aromatic heterocycles. The van der Waals surface area contributed by atoms with E-state index in [1.807, 2.05) is 0 Å².